The van der Waals surface area contributed by atoms with Crippen molar-refractivity contribution in [2.75, 3.05) is 6.61 Å². The molecule has 0 aliphatic rings. The Labute approximate surface area is 83.7 Å². The van der Waals surface area contributed by atoms with E-state index < -0.39 is 19.2 Å². The maximum Gasteiger partial charge on any atom is 0.392 e. The highest BCUT2D eigenvalue weighted by atomic mass is 35.5. The third-order valence-corrected chi connectivity index (χ3v) is 1.58. The van der Waals surface area contributed by atoms with Crippen LogP contribution in [0, 0.1) is 0 Å². The Kier molecular flexibility index (Phi) is 3.57. The minimum absolute atomic E-state index is 0.271. The molecular formula is C8H7ClF3NO. The smallest absolute Gasteiger partial charge is 0.392 e. The Bertz CT molecular complexity index is 286. The summed E-state index contributed by atoms with van der Waals surface area (Å²) in [7, 11) is 0. The number of rotatable bonds is 3. The fourth-order valence-corrected chi connectivity index (χ4v) is 0.844. The summed E-state index contributed by atoms with van der Waals surface area (Å²) in [6.07, 6.45) is -3.89. The van der Waals surface area contributed by atoms with Crippen LogP contribution in [0.4, 0.5) is 13.2 Å². The summed E-state index contributed by atoms with van der Waals surface area (Å²) in [5.74, 6) is 0.277. The highest BCUT2D eigenvalue weighted by Gasteiger charge is 2.26. The molecule has 0 aliphatic heterocycles. The van der Waals surface area contributed by atoms with E-state index in [2.05, 4.69) is 4.98 Å². The van der Waals surface area contributed by atoms with Crippen molar-refractivity contribution in [1.29, 1.82) is 0 Å². The lowest BCUT2D eigenvalue weighted by Gasteiger charge is -2.07. The second kappa shape index (κ2) is 4.50. The van der Waals surface area contributed by atoms with Gasteiger partial charge in [-0.3, -0.25) is 0 Å². The monoisotopic (exact) mass is 225 g/mol. The van der Waals surface area contributed by atoms with Crippen LogP contribution in [0.2, 0.25) is 5.15 Å². The van der Waals surface area contributed by atoms with Crippen molar-refractivity contribution in [3.8, 4) is 5.75 Å². The molecule has 0 spiro atoms. The van der Waals surface area contributed by atoms with Crippen LogP contribution in [-0.4, -0.2) is 17.8 Å². The average Bonchev–Trinajstić information content (AvgIpc) is 2.06. The van der Waals surface area contributed by atoms with E-state index >= 15 is 0 Å². The summed E-state index contributed by atoms with van der Waals surface area (Å²) in [5, 5.41) is 0.271. The number of alkyl halides is 3. The van der Waals surface area contributed by atoms with E-state index in [0.29, 0.717) is 0 Å². The second-order valence-electron chi connectivity index (χ2n) is 2.53. The zero-order chi connectivity index (χ0) is 10.6. The topological polar surface area (TPSA) is 22.1 Å². The molecule has 0 aromatic carbocycles. The van der Waals surface area contributed by atoms with Gasteiger partial charge < -0.3 is 4.74 Å². The SMILES string of the molecule is FC(F)(F)CCOc1ccc(Cl)nc1. The molecule has 6 heteroatoms. The molecule has 1 aromatic rings. The highest BCUT2D eigenvalue weighted by molar-refractivity contribution is 6.29. The van der Waals surface area contributed by atoms with Crippen LogP contribution in [-0.2, 0) is 0 Å². The second-order valence-corrected chi connectivity index (χ2v) is 2.92. The Balaban J connectivity index is 2.35. The van der Waals surface area contributed by atoms with Gasteiger partial charge in [0.15, 0.2) is 0 Å². The number of hydrogen-bond donors (Lipinski definition) is 0. The van der Waals surface area contributed by atoms with Gasteiger partial charge in [0.2, 0.25) is 0 Å². The molecule has 1 heterocycles. The molecule has 0 saturated heterocycles. The Hall–Kier alpha value is -0.970. The molecule has 0 atom stereocenters. The van der Waals surface area contributed by atoms with Crippen molar-refractivity contribution in [3.05, 3.63) is 23.5 Å². The summed E-state index contributed by atoms with van der Waals surface area (Å²) in [5.41, 5.74) is 0. The first kappa shape index (κ1) is 11.1. The highest BCUT2D eigenvalue weighted by Crippen LogP contribution is 2.20. The molecule has 2 nitrogen and oxygen atoms in total. The third kappa shape index (κ3) is 4.32. The van der Waals surface area contributed by atoms with Gasteiger partial charge in [0, 0.05) is 0 Å². The predicted octanol–water partition coefficient (Wildman–Crippen LogP) is 3.07. The summed E-state index contributed by atoms with van der Waals surface area (Å²) in [6, 6.07) is 2.91. The van der Waals surface area contributed by atoms with Gasteiger partial charge in [0.1, 0.15) is 10.9 Å². The summed E-state index contributed by atoms with van der Waals surface area (Å²) >= 11 is 5.47. The van der Waals surface area contributed by atoms with Crippen LogP contribution in [0.5, 0.6) is 5.75 Å². The lowest BCUT2D eigenvalue weighted by molar-refractivity contribution is -0.139. The molecular weight excluding hydrogens is 219 g/mol. The fourth-order valence-electron chi connectivity index (χ4n) is 0.732. The predicted molar refractivity (Wildman–Crippen MR) is 45.4 cm³/mol. The Morgan fingerprint density at radius 3 is 2.57 bits per heavy atom. The van der Waals surface area contributed by atoms with E-state index in [9.17, 15) is 13.2 Å². The van der Waals surface area contributed by atoms with E-state index in [4.69, 9.17) is 16.3 Å². The van der Waals surface area contributed by atoms with Crippen molar-refractivity contribution >= 4 is 11.6 Å². The first-order chi connectivity index (χ1) is 6.47. The zero-order valence-electron chi connectivity index (χ0n) is 7.01. The van der Waals surface area contributed by atoms with E-state index in [1.807, 2.05) is 0 Å². The molecule has 0 bridgehead atoms. The van der Waals surface area contributed by atoms with Crippen molar-refractivity contribution in [1.82, 2.24) is 4.98 Å². The number of hydrogen-bond acceptors (Lipinski definition) is 2. The molecule has 14 heavy (non-hydrogen) atoms. The number of halogens is 4. The normalized spacial score (nSPS) is 11.4. The van der Waals surface area contributed by atoms with Crippen LogP contribution in [0.25, 0.3) is 0 Å². The van der Waals surface area contributed by atoms with Crippen molar-refractivity contribution in [3.63, 3.8) is 0 Å². The van der Waals surface area contributed by atoms with E-state index in [0.717, 1.165) is 0 Å². The van der Waals surface area contributed by atoms with E-state index in [1.54, 1.807) is 0 Å². The minimum atomic E-state index is -4.19. The Morgan fingerprint density at radius 2 is 2.07 bits per heavy atom. The van der Waals surface area contributed by atoms with Crippen LogP contribution in [0.15, 0.2) is 18.3 Å². The average molecular weight is 226 g/mol. The van der Waals surface area contributed by atoms with Crippen molar-refractivity contribution < 1.29 is 17.9 Å². The van der Waals surface area contributed by atoms with E-state index in [1.165, 1.54) is 18.3 Å². The maximum atomic E-state index is 11.7. The summed E-state index contributed by atoms with van der Waals surface area (Å²) < 4.78 is 39.9. The summed E-state index contributed by atoms with van der Waals surface area (Å²) in [6.45, 7) is -0.410. The molecule has 0 fully saturated rings. The van der Waals surface area contributed by atoms with Gasteiger partial charge >= 0.3 is 6.18 Å². The number of aromatic nitrogens is 1. The zero-order valence-corrected chi connectivity index (χ0v) is 7.77. The molecule has 0 aliphatic carbocycles. The van der Waals surface area contributed by atoms with Crippen LogP contribution in [0.3, 0.4) is 0 Å². The van der Waals surface area contributed by atoms with Crippen molar-refractivity contribution in [2.45, 2.75) is 12.6 Å². The van der Waals surface area contributed by atoms with Gasteiger partial charge in [0.25, 0.3) is 0 Å². The lowest BCUT2D eigenvalue weighted by atomic mass is 10.4. The number of nitrogens with zero attached hydrogens (tertiary/aromatic N) is 1. The first-order valence-corrected chi connectivity index (χ1v) is 4.16. The Morgan fingerprint density at radius 1 is 1.36 bits per heavy atom. The molecule has 0 amide bonds. The standard InChI is InChI=1S/C8H7ClF3NO/c9-7-2-1-6(5-13-7)14-4-3-8(10,11)12/h1-2,5H,3-4H2. The van der Waals surface area contributed by atoms with Crippen LogP contribution < -0.4 is 4.74 Å². The number of ether oxygens (including phenoxy) is 1. The van der Waals surface area contributed by atoms with Gasteiger partial charge in [-0.1, -0.05) is 11.6 Å². The molecule has 0 saturated carbocycles. The first-order valence-electron chi connectivity index (χ1n) is 3.78. The maximum absolute atomic E-state index is 11.7. The van der Waals surface area contributed by atoms with E-state index in [-0.39, 0.29) is 10.9 Å². The lowest BCUT2D eigenvalue weighted by Crippen LogP contribution is -2.13. The van der Waals surface area contributed by atoms with Gasteiger partial charge in [-0.25, -0.2) is 4.98 Å². The van der Waals surface area contributed by atoms with Crippen LogP contribution in [0.1, 0.15) is 6.42 Å². The molecule has 0 N–H and O–H groups in total. The summed E-state index contributed by atoms with van der Waals surface area (Å²) in [4.78, 5) is 3.65. The van der Waals surface area contributed by atoms with Gasteiger partial charge in [-0.05, 0) is 12.1 Å². The molecule has 78 valence electrons. The molecule has 0 unspecified atom stereocenters. The van der Waals surface area contributed by atoms with Crippen molar-refractivity contribution in [2.24, 2.45) is 0 Å². The van der Waals surface area contributed by atoms with Gasteiger partial charge in [-0.2, -0.15) is 13.2 Å². The minimum Gasteiger partial charge on any atom is -0.492 e. The number of pyridine rings is 1. The molecule has 1 aromatic heterocycles. The third-order valence-electron chi connectivity index (χ3n) is 1.35. The van der Waals surface area contributed by atoms with Crippen LogP contribution >= 0.6 is 11.6 Å². The largest absolute Gasteiger partial charge is 0.492 e. The van der Waals surface area contributed by atoms with Gasteiger partial charge in [-0.15, -0.1) is 0 Å². The quantitative estimate of drug-likeness (QED) is 0.738. The van der Waals surface area contributed by atoms with Gasteiger partial charge in [0.05, 0.1) is 19.2 Å². The molecule has 0 radical (unpaired) electrons. The fraction of sp³-hybridized carbons (Fsp3) is 0.375. The molecule has 1 rings (SSSR count).